The Morgan fingerprint density at radius 2 is 1.88 bits per heavy atom. The lowest BCUT2D eigenvalue weighted by atomic mass is 10.1. The smallest absolute Gasteiger partial charge is 0.242 e. The van der Waals surface area contributed by atoms with Gasteiger partial charge in [-0.15, -0.1) is 5.10 Å². The summed E-state index contributed by atoms with van der Waals surface area (Å²) in [6.07, 6.45) is 0. The van der Waals surface area contributed by atoms with E-state index in [4.69, 9.17) is 0 Å². The number of ketones is 1. The predicted molar refractivity (Wildman–Crippen MR) is 98.9 cm³/mol. The fourth-order valence-corrected chi connectivity index (χ4v) is 3.29. The summed E-state index contributed by atoms with van der Waals surface area (Å²) >= 11 is 1.26. The van der Waals surface area contributed by atoms with Crippen molar-refractivity contribution >= 4 is 29.1 Å². The number of rotatable bonds is 6. The second kappa shape index (κ2) is 7.92. The monoisotopic (exact) mass is 367 g/mol. The van der Waals surface area contributed by atoms with Gasteiger partial charge in [0.05, 0.1) is 0 Å². The first kappa shape index (κ1) is 17.8. The summed E-state index contributed by atoms with van der Waals surface area (Å²) in [7, 11) is 1.72. The molecule has 1 amide bonds. The molecule has 0 radical (unpaired) electrons. The van der Waals surface area contributed by atoms with Crippen LogP contribution in [-0.2, 0) is 11.8 Å². The van der Waals surface area contributed by atoms with Gasteiger partial charge in [-0.05, 0) is 35.0 Å². The molecule has 1 atom stereocenters. The summed E-state index contributed by atoms with van der Waals surface area (Å²) in [5, 5.41) is 14.2. The number of nitrogens with one attached hydrogen (secondary N) is 1. The summed E-state index contributed by atoms with van der Waals surface area (Å²) < 4.78 is 1.52. The lowest BCUT2D eigenvalue weighted by Gasteiger charge is -2.16. The highest BCUT2D eigenvalue weighted by atomic mass is 32.2. The average molecular weight is 367 g/mol. The molecule has 0 aliphatic heterocycles. The molecule has 1 unspecified atom stereocenters. The molecule has 1 N–H and O–H groups in total. The summed E-state index contributed by atoms with van der Waals surface area (Å²) in [6.45, 7) is 1.49. The number of hydrogen-bond acceptors (Lipinski definition) is 6. The zero-order valence-corrected chi connectivity index (χ0v) is 15.1. The van der Waals surface area contributed by atoms with Crippen molar-refractivity contribution in [3.8, 4) is 0 Å². The van der Waals surface area contributed by atoms with Crippen LogP contribution in [0, 0.1) is 0 Å². The number of aryl methyl sites for hydroxylation is 1. The number of aromatic nitrogens is 4. The quantitative estimate of drug-likeness (QED) is 0.532. The van der Waals surface area contributed by atoms with Gasteiger partial charge in [-0.1, -0.05) is 54.2 Å². The maximum Gasteiger partial charge on any atom is 0.242 e. The van der Waals surface area contributed by atoms with Gasteiger partial charge in [0.25, 0.3) is 0 Å². The largest absolute Gasteiger partial charge is 0.325 e. The van der Waals surface area contributed by atoms with Crippen LogP contribution >= 0.6 is 11.8 Å². The molecule has 3 aromatic rings. The van der Waals surface area contributed by atoms with Crippen LogP contribution in [0.5, 0.6) is 0 Å². The van der Waals surface area contributed by atoms with E-state index in [1.807, 2.05) is 30.3 Å². The molecule has 0 fully saturated rings. The van der Waals surface area contributed by atoms with Gasteiger partial charge >= 0.3 is 0 Å². The molecule has 132 valence electrons. The molecular formula is C18H17N5O2S. The van der Waals surface area contributed by atoms with Crippen LogP contribution < -0.4 is 5.32 Å². The Morgan fingerprint density at radius 3 is 2.54 bits per heavy atom. The van der Waals surface area contributed by atoms with E-state index in [1.165, 1.54) is 23.4 Å². The van der Waals surface area contributed by atoms with Crippen molar-refractivity contribution in [2.75, 3.05) is 5.32 Å². The number of hydrogen-bond donors (Lipinski definition) is 1. The minimum atomic E-state index is -0.540. The molecule has 0 aliphatic rings. The van der Waals surface area contributed by atoms with Crippen LogP contribution in [0.1, 0.15) is 28.1 Å². The van der Waals surface area contributed by atoms with Crippen LogP contribution in [-0.4, -0.2) is 31.9 Å². The van der Waals surface area contributed by atoms with Crippen molar-refractivity contribution < 1.29 is 9.59 Å². The number of benzene rings is 2. The SMILES string of the molecule is CC(=O)c1cccc(NC(=O)C(Sc2nnnn2C)c2ccccc2)c1. The molecule has 26 heavy (non-hydrogen) atoms. The average Bonchev–Trinajstić information content (AvgIpc) is 3.05. The standard InChI is InChI=1S/C18H17N5O2S/c1-12(24)14-9-6-10-15(11-14)19-17(25)16(13-7-4-3-5-8-13)26-18-20-21-22-23(18)2/h3-11,16H,1-2H3,(H,19,25). The first-order valence-electron chi connectivity index (χ1n) is 7.90. The topological polar surface area (TPSA) is 89.8 Å². The normalized spacial score (nSPS) is 11.8. The van der Waals surface area contributed by atoms with E-state index >= 15 is 0 Å². The Bertz CT molecular complexity index is 926. The summed E-state index contributed by atoms with van der Waals surface area (Å²) in [6, 6.07) is 16.3. The molecule has 3 rings (SSSR count). The third-order valence-corrected chi connectivity index (χ3v) is 4.96. The first-order chi connectivity index (χ1) is 12.5. The molecule has 0 bridgehead atoms. The number of Topliss-reactive ketones (excluding diaryl/α,β-unsaturated/α-hetero) is 1. The Kier molecular flexibility index (Phi) is 5.43. The van der Waals surface area contributed by atoms with E-state index in [-0.39, 0.29) is 11.7 Å². The van der Waals surface area contributed by atoms with Gasteiger partial charge in [-0.2, -0.15) is 0 Å². The second-order valence-corrected chi connectivity index (χ2v) is 6.69. The molecule has 0 saturated heterocycles. The molecule has 0 aliphatic carbocycles. The molecule has 2 aromatic carbocycles. The number of tetrazole rings is 1. The van der Waals surface area contributed by atoms with Crippen LogP contribution in [0.3, 0.4) is 0 Å². The van der Waals surface area contributed by atoms with Gasteiger partial charge in [0.2, 0.25) is 11.1 Å². The Labute approximate surface area is 154 Å². The van der Waals surface area contributed by atoms with Gasteiger partial charge in [0, 0.05) is 18.3 Å². The molecule has 0 saturated carbocycles. The predicted octanol–water partition coefficient (Wildman–Crippen LogP) is 2.88. The zero-order chi connectivity index (χ0) is 18.5. The van der Waals surface area contributed by atoms with Crippen molar-refractivity contribution in [1.29, 1.82) is 0 Å². The van der Waals surface area contributed by atoms with Crippen LogP contribution in [0.4, 0.5) is 5.69 Å². The van der Waals surface area contributed by atoms with E-state index in [0.717, 1.165) is 5.56 Å². The maximum atomic E-state index is 12.9. The Hall–Kier alpha value is -3.00. The van der Waals surface area contributed by atoms with E-state index in [2.05, 4.69) is 20.8 Å². The van der Waals surface area contributed by atoms with Gasteiger partial charge in [0.15, 0.2) is 5.78 Å². The maximum absolute atomic E-state index is 12.9. The lowest BCUT2D eigenvalue weighted by Crippen LogP contribution is -2.19. The zero-order valence-electron chi connectivity index (χ0n) is 14.3. The lowest BCUT2D eigenvalue weighted by molar-refractivity contribution is -0.115. The van der Waals surface area contributed by atoms with Crippen molar-refractivity contribution in [3.63, 3.8) is 0 Å². The Morgan fingerprint density at radius 1 is 1.12 bits per heavy atom. The van der Waals surface area contributed by atoms with E-state index in [9.17, 15) is 9.59 Å². The van der Waals surface area contributed by atoms with Crippen molar-refractivity contribution in [2.24, 2.45) is 7.05 Å². The third-order valence-electron chi connectivity index (χ3n) is 3.68. The second-order valence-electron chi connectivity index (χ2n) is 5.62. The molecular weight excluding hydrogens is 350 g/mol. The summed E-state index contributed by atoms with van der Waals surface area (Å²) in [5.74, 6) is -0.273. The number of nitrogens with zero attached hydrogens (tertiary/aromatic N) is 4. The summed E-state index contributed by atoms with van der Waals surface area (Å²) in [5.41, 5.74) is 1.95. The fraction of sp³-hybridized carbons (Fsp3) is 0.167. The van der Waals surface area contributed by atoms with Crippen molar-refractivity contribution in [1.82, 2.24) is 20.2 Å². The first-order valence-corrected chi connectivity index (χ1v) is 8.78. The van der Waals surface area contributed by atoms with Gasteiger partial charge in [0.1, 0.15) is 5.25 Å². The van der Waals surface area contributed by atoms with Crippen LogP contribution in [0.25, 0.3) is 0 Å². The fourth-order valence-electron chi connectivity index (χ4n) is 2.35. The van der Waals surface area contributed by atoms with Crippen molar-refractivity contribution in [2.45, 2.75) is 17.3 Å². The van der Waals surface area contributed by atoms with Gasteiger partial charge in [-0.3, -0.25) is 9.59 Å². The number of thioether (sulfide) groups is 1. The third kappa shape index (κ3) is 4.15. The number of amides is 1. The summed E-state index contributed by atoms with van der Waals surface area (Å²) in [4.78, 5) is 24.5. The van der Waals surface area contributed by atoms with Crippen LogP contribution in [0.2, 0.25) is 0 Å². The number of carbonyl (C=O) groups excluding carboxylic acids is 2. The van der Waals surface area contributed by atoms with Crippen LogP contribution in [0.15, 0.2) is 59.8 Å². The van der Waals surface area contributed by atoms with Gasteiger partial charge < -0.3 is 5.32 Å². The molecule has 1 aromatic heterocycles. The Balaban J connectivity index is 1.86. The van der Waals surface area contributed by atoms with E-state index in [1.54, 1.807) is 31.3 Å². The minimum Gasteiger partial charge on any atom is -0.325 e. The minimum absolute atomic E-state index is 0.0553. The van der Waals surface area contributed by atoms with Crippen molar-refractivity contribution in [3.05, 3.63) is 65.7 Å². The van der Waals surface area contributed by atoms with Gasteiger partial charge in [-0.25, -0.2) is 4.68 Å². The molecule has 7 nitrogen and oxygen atoms in total. The number of carbonyl (C=O) groups is 2. The highest BCUT2D eigenvalue weighted by Crippen LogP contribution is 2.34. The van der Waals surface area contributed by atoms with E-state index < -0.39 is 5.25 Å². The highest BCUT2D eigenvalue weighted by molar-refractivity contribution is 8.00. The van der Waals surface area contributed by atoms with E-state index in [0.29, 0.717) is 16.4 Å². The molecule has 1 heterocycles. The highest BCUT2D eigenvalue weighted by Gasteiger charge is 2.24. The number of anilines is 1. The molecule has 0 spiro atoms. The molecule has 8 heteroatoms.